The molecule has 0 aliphatic rings. The van der Waals surface area contributed by atoms with Crippen LogP contribution in [0, 0.1) is 13.8 Å². The molecule has 0 amide bonds. The molecule has 0 radical (unpaired) electrons. The number of hydrogen-bond acceptors (Lipinski definition) is 3. The van der Waals surface area contributed by atoms with Crippen LogP contribution in [0.15, 0.2) is 18.2 Å². The van der Waals surface area contributed by atoms with E-state index in [0.29, 0.717) is 5.95 Å². The molecule has 0 saturated heterocycles. The maximum Gasteiger partial charge on any atom is 0.223 e. The van der Waals surface area contributed by atoms with E-state index in [1.807, 2.05) is 39.0 Å². The predicted molar refractivity (Wildman–Crippen MR) is 54.8 cm³/mol. The Morgan fingerprint density at radius 1 is 1.31 bits per heavy atom. The molecule has 1 heterocycles. The van der Waals surface area contributed by atoms with Crippen LogP contribution in [0.1, 0.15) is 18.3 Å². The van der Waals surface area contributed by atoms with Crippen molar-refractivity contribution < 1.29 is 0 Å². The highest BCUT2D eigenvalue weighted by Gasteiger charge is 1.96. The minimum atomic E-state index is 0.704. The largest absolute Gasteiger partial charge is 0.351 e. The first kappa shape index (κ1) is 9.71. The molecule has 1 rings (SSSR count). The van der Waals surface area contributed by atoms with E-state index in [-0.39, 0.29) is 0 Å². The van der Waals surface area contributed by atoms with Crippen LogP contribution in [0.3, 0.4) is 0 Å². The molecule has 0 saturated carbocycles. The van der Waals surface area contributed by atoms with Crippen molar-refractivity contribution in [2.24, 2.45) is 0 Å². The van der Waals surface area contributed by atoms with Gasteiger partial charge in [-0.1, -0.05) is 12.2 Å². The lowest BCUT2D eigenvalue weighted by molar-refractivity contribution is 1.04. The molecule has 0 aliphatic carbocycles. The van der Waals surface area contributed by atoms with E-state index in [4.69, 9.17) is 0 Å². The number of hydrogen-bond donors (Lipinski definition) is 1. The van der Waals surface area contributed by atoms with Crippen LogP contribution in [0.4, 0.5) is 5.95 Å². The molecule has 1 aromatic heterocycles. The van der Waals surface area contributed by atoms with Gasteiger partial charge in [0, 0.05) is 17.9 Å². The number of aryl methyl sites for hydroxylation is 2. The maximum atomic E-state index is 4.25. The monoisotopic (exact) mass is 177 g/mol. The summed E-state index contributed by atoms with van der Waals surface area (Å²) in [5.74, 6) is 0.704. The average molecular weight is 177 g/mol. The van der Waals surface area contributed by atoms with Gasteiger partial charge in [0.25, 0.3) is 0 Å². The second-order valence-electron chi connectivity index (χ2n) is 2.92. The summed E-state index contributed by atoms with van der Waals surface area (Å²) < 4.78 is 0. The molecule has 3 heteroatoms. The van der Waals surface area contributed by atoms with Crippen molar-refractivity contribution in [2.45, 2.75) is 20.8 Å². The number of allylic oxidation sites excluding steroid dienone is 1. The lowest BCUT2D eigenvalue weighted by Gasteiger charge is -2.03. The van der Waals surface area contributed by atoms with Crippen molar-refractivity contribution in [3.05, 3.63) is 29.6 Å². The third kappa shape index (κ3) is 3.23. The summed E-state index contributed by atoms with van der Waals surface area (Å²) in [5.41, 5.74) is 1.99. The summed E-state index contributed by atoms with van der Waals surface area (Å²) in [6, 6.07) is 1.96. The van der Waals surface area contributed by atoms with Gasteiger partial charge in [0.05, 0.1) is 0 Å². The normalized spacial score (nSPS) is 10.7. The first-order valence-corrected chi connectivity index (χ1v) is 4.39. The minimum absolute atomic E-state index is 0.704. The SMILES string of the molecule is C/C=C/CNc1nc(C)cc(C)n1. The molecule has 13 heavy (non-hydrogen) atoms. The molecule has 0 spiro atoms. The van der Waals surface area contributed by atoms with Gasteiger partial charge in [-0.2, -0.15) is 0 Å². The molecule has 3 nitrogen and oxygen atoms in total. The Balaban J connectivity index is 2.66. The van der Waals surface area contributed by atoms with Gasteiger partial charge in [-0.05, 0) is 26.8 Å². The Labute approximate surface area is 78.9 Å². The zero-order valence-electron chi connectivity index (χ0n) is 8.33. The molecule has 0 aliphatic heterocycles. The highest BCUT2D eigenvalue weighted by molar-refractivity contribution is 5.28. The van der Waals surface area contributed by atoms with Crippen LogP contribution < -0.4 is 5.32 Å². The summed E-state index contributed by atoms with van der Waals surface area (Å²) in [6.07, 6.45) is 4.02. The van der Waals surface area contributed by atoms with E-state index in [2.05, 4.69) is 15.3 Å². The fraction of sp³-hybridized carbons (Fsp3) is 0.400. The first-order valence-electron chi connectivity index (χ1n) is 4.39. The number of rotatable bonds is 3. The molecule has 0 bridgehead atoms. The summed E-state index contributed by atoms with van der Waals surface area (Å²) in [7, 11) is 0. The fourth-order valence-electron chi connectivity index (χ4n) is 1.07. The molecule has 70 valence electrons. The summed E-state index contributed by atoms with van der Waals surface area (Å²) >= 11 is 0. The molecular weight excluding hydrogens is 162 g/mol. The van der Waals surface area contributed by atoms with Gasteiger partial charge in [0.1, 0.15) is 0 Å². The second kappa shape index (κ2) is 4.60. The minimum Gasteiger partial charge on any atom is -0.351 e. The van der Waals surface area contributed by atoms with Crippen LogP contribution >= 0.6 is 0 Å². The average Bonchev–Trinajstić information content (AvgIpc) is 2.03. The fourth-order valence-corrected chi connectivity index (χ4v) is 1.07. The van der Waals surface area contributed by atoms with Crippen LogP contribution in [0.5, 0.6) is 0 Å². The second-order valence-corrected chi connectivity index (χ2v) is 2.92. The van der Waals surface area contributed by atoms with Gasteiger partial charge in [0.2, 0.25) is 5.95 Å². The third-order valence-electron chi connectivity index (χ3n) is 1.60. The molecule has 0 atom stereocenters. The maximum absolute atomic E-state index is 4.25. The van der Waals surface area contributed by atoms with Crippen molar-refractivity contribution in [3.63, 3.8) is 0 Å². The molecular formula is C10H15N3. The first-order chi connectivity index (χ1) is 6.22. The van der Waals surface area contributed by atoms with E-state index in [0.717, 1.165) is 17.9 Å². The van der Waals surface area contributed by atoms with Crippen molar-refractivity contribution >= 4 is 5.95 Å². The highest BCUT2D eigenvalue weighted by atomic mass is 15.1. The Morgan fingerprint density at radius 3 is 2.46 bits per heavy atom. The lowest BCUT2D eigenvalue weighted by Crippen LogP contribution is -2.04. The van der Waals surface area contributed by atoms with Crippen molar-refractivity contribution in [1.82, 2.24) is 9.97 Å². The van der Waals surface area contributed by atoms with Crippen LogP contribution in [0.25, 0.3) is 0 Å². The number of nitrogens with one attached hydrogen (secondary N) is 1. The summed E-state index contributed by atoms with van der Waals surface area (Å²) in [6.45, 7) is 6.70. The lowest BCUT2D eigenvalue weighted by atomic mass is 10.4. The Bertz CT molecular complexity index is 285. The molecule has 1 aromatic rings. The van der Waals surface area contributed by atoms with Crippen molar-refractivity contribution in [2.75, 3.05) is 11.9 Å². The molecule has 1 N–H and O–H groups in total. The zero-order valence-corrected chi connectivity index (χ0v) is 8.33. The van der Waals surface area contributed by atoms with Gasteiger partial charge in [-0.15, -0.1) is 0 Å². The van der Waals surface area contributed by atoms with Gasteiger partial charge in [-0.3, -0.25) is 0 Å². The van der Waals surface area contributed by atoms with Crippen LogP contribution in [-0.4, -0.2) is 16.5 Å². The van der Waals surface area contributed by atoms with E-state index in [1.165, 1.54) is 0 Å². The smallest absolute Gasteiger partial charge is 0.223 e. The van der Waals surface area contributed by atoms with E-state index >= 15 is 0 Å². The van der Waals surface area contributed by atoms with Crippen molar-refractivity contribution in [1.29, 1.82) is 0 Å². The number of nitrogens with zero attached hydrogens (tertiary/aromatic N) is 2. The molecule has 0 fully saturated rings. The van der Waals surface area contributed by atoms with Gasteiger partial charge in [-0.25, -0.2) is 9.97 Å². The highest BCUT2D eigenvalue weighted by Crippen LogP contribution is 2.02. The van der Waals surface area contributed by atoms with E-state index in [1.54, 1.807) is 0 Å². The summed E-state index contributed by atoms with van der Waals surface area (Å²) in [4.78, 5) is 8.50. The zero-order chi connectivity index (χ0) is 9.68. The standard InChI is InChI=1S/C10H15N3/c1-4-5-6-11-10-12-8(2)7-9(3)13-10/h4-5,7H,6H2,1-3H3,(H,11,12,13)/b5-4+. The predicted octanol–water partition coefficient (Wildman–Crippen LogP) is 2.08. The molecule has 0 aromatic carbocycles. The van der Waals surface area contributed by atoms with Gasteiger partial charge < -0.3 is 5.32 Å². The number of anilines is 1. The van der Waals surface area contributed by atoms with E-state index in [9.17, 15) is 0 Å². The quantitative estimate of drug-likeness (QED) is 0.718. The summed E-state index contributed by atoms with van der Waals surface area (Å²) in [5, 5.41) is 3.12. The van der Waals surface area contributed by atoms with Crippen LogP contribution in [-0.2, 0) is 0 Å². The third-order valence-corrected chi connectivity index (χ3v) is 1.60. The molecule has 0 unspecified atom stereocenters. The Hall–Kier alpha value is -1.38. The Morgan fingerprint density at radius 2 is 1.92 bits per heavy atom. The van der Waals surface area contributed by atoms with Gasteiger partial charge in [0.15, 0.2) is 0 Å². The van der Waals surface area contributed by atoms with Crippen LogP contribution in [0.2, 0.25) is 0 Å². The Kier molecular flexibility index (Phi) is 3.43. The van der Waals surface area contributed by atoms with Crippen molar-refractivity contribution in [3.8, 4) is 0 Å². The van der Waals surface area contributed by atoms with Gasteiger partial charge >= 0.3 is 0 Å². The van der Waals surface area contributed by atoms with E-state index < -0.39 is 0 Å². The number of aromatic nitrogens is 2. The topological polar surface area (TPSA) is 37.8 Å².